The maximum Gasteiger partial charge on any atom is 0.306 e. The van der Waals surface area contributed by atoms with Crippen LogP contribution in [0.25, 0.3) is 0 Å². The smallest absolute Gasteiger partial charge is 0.306 e. The third-order valence-electron chi connectivity index (χ3n) is 15.5. The molecule has 3 atom stereocenters. The lowest BCUT2D eigenvalue weighted by Crippen LogP contribution is -2.47. The van der Waals surface area contributed by atoms with Gasteiger partial charge in [-0.3, -0.25) is 14.2 Å². The third kappa shape index (κ3) is 57.4. The third-order valence-corrected chi connectivity index (χ3v) is 16.4. The number of rotatable bonds is 62. The molecule has 76 heavy (non-hydrogen) atoms. The molecule has 0 aliphatic carbocycles. The summed E-state index contributed by atoms with van der Waals surface area (Å²) in [5.41, 5.74) is 0. The monoisotopic (exact) mass is 1090 g/mol. The number of carbonyl (C=O) groups is 2. The fourth-order valence-corrected chi connectivity index (χ4v) is 11.0. The Labute approximate surface area is 473 Å². The largest absolute Gasteiger partial charge is 0.756 e. The minimum absolute atomic E-state index is 0.0168. The molecule has 0 spiro atoms. The molecule has 0 aliphatic rings. The van der Waals surface area contributed by atoms with Crippen molar-refractivity contribution < 1.29 is 37.3 Å². The van der Waals surface area contributed by atoms with Crippen molar-refractivity contribution in [2.45, 2.75) is 360 Å². The zero-order chi connectivity index (χ0) is 55.7. The maximum absolute atomic E-state index is 13.5. The summed E-state index contributed by atoms with van der Waals surface area (Å²) in [5, 5.41) is 3.04. The number of unbranched alkanes of at least 4 members (excludes halogenated alkanes) is 46. The Hall–Kier alpha value is -1.25. The minimum Gasteiger partial charge on any atom is -0.756 e. The van der Waals surface area contributed by atoms with Crippen molar-refractivity contribution in [3.8, 4) is 0 Å². The van der Waals surface area contributed by atoms with Crippen LogP contribution >= 0.6 is 7.82 Å². The van der Waals surface area contributed by atoms with Gasteiger partial charge in [-0.2, -0.15) is 0 Å². The van der Waals surface area contributed by atoms with Gasteiger partial charge in [0.2, 0.25) is 5.91 Å². The molecule has 9 nitrogen and oxygen atoms in total. The van der Waals surface area contributed by atoms with Gasteiger partial charge in [-0.15, -0.1) is 0 Å². The summed E-state index contributed by atoms with van der Waals surface area (Å²) in [5.74, 6) is -0.520. The van der Waals surface area contributed by atoms with Gasteiger partial charge in [-0.1, -0.05) is 316 Å². The Bertz CT molecular complexity index is 1310. The molecule has 0 heterocycles. The number of carbonyl (C=O) groups excluding carboxylic acids is 2. The van der Waals surface area contributed by atoms with Gasteiger partial charge < -0.3 is 28.5 Å². The van der Waals surface area contributed by atoms with Gasteiger partial charge in [0.1, 0.15) is 19.3 Å². The first-order valence-corrected chi connectivity index (χ1v) is 35.0. The van der Waals surface area contributed by atoms with Crippen LogP contribution < -0.4 is 10.2 Å². The number of hydrogen-bond donors (Lipinski definition) is 1. The van der Waals surface area contributed by atoms with Crippen molar-refractivity contribution in [3.05, 3.63) is 12.2 Å². The zero-order valence-electron chi connectivity index (χ0n) is 51.7. The molecule has 0 saturated carbocycles. The molecule has 10 heteroatoms. The molecule has 3 unspecified atom stereocenters. The molecule has 452 valence electrons. The van der Waals surface area contributed by atoms with E-state index >= 15 is 0 Å². The average molecular weight is 1100 g/mol. The van der Waals surface area contributed by atoms with Gasteiger partial charge in [-0.05, 0) is 31.8 Å². The fourth-order valence-electron chi connectivity index (χ4n) is 10.3. The Balaban J connectivity index is 4.90. The van der Waals surface area contributed by atoms with Gasteiger partial charge in [0, 0.05) is 12.8 Å². The first-order chi connectivity index (χ1) is 36.9. The summed E-state index contributed by atoms with van der Waals surface area (Å²) in [4.78, 5) is 39.9. The second-order valence-electron chi connectivity index (χ2n) is 24.3. The summed E-state index contributed by atoms with van der Waals surface area (Å²) in [6.07, 6.45) is 66.3. The van der Waals surface area contributed by atoms with Crippen LogP contribution in [0, 0.1) is 0 Å². The highest BCUT2D eigenvalue weighted by Crippen LogP contribution is 2.38. The van der Waals surface area contributed by atoms with Crippen molar-refractivity contribution in [3.63, 3.8) is 0 Å². The second kappa shape index (κ2) is 57.0. The molecule has 0 aromatic heterocycles. The first kappa shape index (κ1) is 74.8. The maximum atomic E-state index is 13.5. The van der Waals surface area contributed by atoms with E-state index in [9.17, 15) is 19.0 Å². The number of hydrogen-bond acceptors (Lipinski definition) is 7. The highest BCUT2D eigenvalue weighted by Gasteiger charge is 2.27. The predicted octanol–water partition coefficient (Wildman–Crippen LogP) is 20.1. The number of ether oxygens (including phenoxy) is 1. The minimum atomic E-state index is -4.69. The van der Waals surface area contributed by atoms with Crippen molar-refractivity contribution >= 4 is 19.7 Å². The normalized spacial score (nSPS) is 13.6. The summed E-state index contributed by atoms with van der Waals surface area (Å²) < 4.78 is 30.3. The number of phosphoric ester groups is 1. The molecular weight excluding hydrogens is 964 g/mol. The summed E-state index contributed by atoms with van der Waals surface area (Å²) in [7, 11) is 1.21. The second-order valence-corrected chi connectivity index (χ2v) is 25.8. The van der Waals surface area contributed by atoms with Crippen LogP contribution in [-0.2, 0) is 27.9 Å². The molecule has 0 rings (SSSR count). The molecule has 0 fully saturated rings. The van der Waals surface area contributed by atoms with Gasteiger partial charge >= 0.3 is 5.97 Å². The van der Waals surface area contributed by atoms with E-state index in [1.54, 1.807) is 0 Å². The lowest BCUT2D eigenvalue weighted by molar-refractivity contribution is -0.870. The first-order valence-electron chi connectivity index (χ1n) is 33.5. The zero-order valence-corrected chi connectivity index (χ0v) is 52.6. The number of amides is 1. The highest BCUT2D eigenvalue weighted by molar-refractivity contribution is 7.45. The van der Waals surface area contributed by atoms with Crippen LogP contribution in [0.15, 0.2) is 12.2 Å². The van der Waals surface area contributed by atoms with E-state index in [0.29, 0.717) is 17.4 Å². The number of esters is 1. The Morgan fingerprint density at radius 1 is 0.447 bits per heavy atom. The highest BCUT2D eigenvalue weighted by atomic mass is 31.2. The van der Waals surface area contributed by atoms with Crippen LogP contribution in [0.4, 0.5) is 0 Å². The number of nitrogens with one attached hydrogen (secondary N) is 1. The van der Waals surface area contributed by atoms with Crippen LogP contribution in [0.1, 0.15) is 348 Å². The molecule has 1 N–H and O–H groups in total. The number of allylic oxidation sites excluding steroid dienone is 1. The Kier molecular flexibility index (Phi) is 56.1. The summed E-state index contributed by atoms with van der Waals surface area (Å²) in [6, 6.07) is -0.879. The molecule has 0 aliphatic heterocycles. The van der Waals surface area contributed by atoms with Crippen LogP contribution in [-0.4, -0.2) is 69.4 Å². The summed E-state index contributed by atoms with van der Waals surface area (Å²) in [6.45, 7) is 6.89. The van der Waals surface area contributed by atoms with Gasteiger partial charge in [0.05, 0.1) is 33.8 Å². The molecule has 0 radical (unpaired) electrons. The van der Waals surface area contributed by atoms with E-state index in [0.717, 1.165) is 57.8 Å². The van der Waals surface area contributed by atoms with Gasteiger partial charge in [0.15, 0.2) is 0 Å². The number of likely N-dealkylation sites (N-methyl/N-ethyl adjacent to an activating group) is 1. The summed E-state index contributed by atoms with van der Waals surface area (Å²) >= 11 is 0. The van der Waals surface area contributed by atoms with Crippen molar-refractivity contribution in [2.75, 3.05) is 40.9 Å². The van der Waals surface area contributed by atoms with Crippen molar-refractivity contribution in [1.82, 2.24) is 5.32 Å². The van der Waals surface area contributed by atoms with E-state index < -0.39 is 20.0 Å². The van der Waals surface area contributed by atoms with Crippen molar-refractivity contribution in [1.29, 1.82) is 0 Å². The van der Waals surface area contributed by atoms with Crippen LogP contribution in [0.5, 0.6) is 0 Å². The quantitative estimate of drug-likeness (QED) is 0.0212. The molecule has 1 amide bonds. The van der Waals surface area contributed by atoms with E-state index in [-0.39, 0.29) is 31.5 Å². The Morgan fingerprint density at radius 2 is 0.750 bits per heavy atom. The fraction of sp³-hybridized carbons (Fsp3) is 0.939. The van der Waals surface area contributed by atoms with E-state index in [2.05, 4.69) is 26.1 Å². The number of phosphoric acid groups is 1. The molecule has 0 aromatic rings. The average Bonchev–Trinajstić information content (AvgIpc) is 3.38. The lowest BCUT2D eigenvalue weighted by Gasteiger charge is -2.30. The van der Waals surface area contributed by atoms with Crippen LogP contribution in [0.3, 0.4) is 0 Å². The topological polar surface area (TPSA) is 114 Å². The molecular formula is C66H131N2O7P. The number of nitrogens with zero attached hydrogens (tertiary/aromatic N) is 1. The van der Waals surface area contributed by atoms with Crippen LogP contribution in [0.2, 0.25) is 0 Å². The van der Waals surface area contributed by atoms with Gasteiger partial charge in [0.25, 0.3) is 7.82 Å². The van der Waals surface area contributed by atoms with Gasteiger partial charge in [-0.25, -0.2) is 0 Å². The molecule has 0 saturated heterocycles. The standard InChI is InChI=1S/C66H131N2O7P/c1-7-10-13-16-19-22-25-27-28-29-30-31-32-33-34-35-36-37-38-39-40-41-44-46-49-52-55-58-65(69)67-63(62-74-76(71,72)73-61-60-68(4,5)6)64(57-54-51-48-45-43-26-23-20-17-14-11-8-2)75-66(70)59-56-53-50-47-42-24-21-18-15-12-9-3/h54,57,63-64H,7-53,55-56,58-62H2,1-6H3,(H-,67,69,71,72)/b57-54-. The predicted molar refractivity (Wildman–Crippen MR) is 326 cm³/mol. The molecule has 0 aromatic carbocycles. The van der Waals surface area contributed by atoms with E-state index in [1.807, 2.05) is 33.3 Å². The SMILES string of the molecule is CCCCCCCCCCCC/C=C\C(OC(=O)CCCCCCCCCCCCC)C(COP(=O)([O-])OCC[N+](C)(C)C)NC(=O)CCCCCCCCCCCCCCCCCCCCCCCCCCCCC. The molecule has 0 bridgehead atoms. The Morgan fingerprint density at radius 3 is 1.08 bits per heavy atom. The van der Waals surface area contributed by atoms with Crippen molar-refractivity contribution in [2.24, 2.45) is 0 Å². The number of quaternary nitrogens is 1. The van der Waals surface area contributed by atoms with E-state index in [1.165, 1.54) is 257 Å². The lowest BCUT2D eigenvalue weighted by atomic mass is 10.0. The van der Waals surface area contributed by atoms with E-state index in [4.69, 9.17) is 13.8 Å².